The van der Waals surface area contributed by atoms with E-state index in [1.165, 1.54) is 4.57 Å². The highest BCUT2D eigenvalue weighted by Crippen LogP contribution is 2.36. The Morgan fingerprint density at radius 2 is 0.764 bits per heavy atom. The van der Waals surface area contributed by atoms with Crippen molar-refractivity contribution < 1.29 is 16.4 Å². The van der Waals surface area contributed by atoms with Crippen molar-refractivity contribution in [1.82, 2.24) is 19.5 Å². The van der Waals surface area contributed by atoms with E-state index >= 15 is 0 Å². The number of benzene rings is 8. The highest BCUT2D eigenvalue weighted by Gasteiger charge is 2.15. The zero-order valence-corrected chi connectivity index (χ0v) is 29.0. The lowest BCUT2D eigenvalue weighted by Crippen LogP contribution is -2.00. The zero-order valence-electron chi connectivity index (χ0n) is 41.0. The maximum atomic E-state index is 9.41. The van der Waals surface area contributed by atoms with Crippen LogP contribution in [-0.2, 0) is 0 Å². The molecule has 0 bridgehead atoms. The summed E-state index contributed by atoms with van der Waals surface area (Å²) in [5, 5.41) is -0.223. The van der Waals surface area contributed by atoms with Gasteiger partial charge < -0.3 is 4.57 Å². The summed E-state index contributed by atoms with van der Waals surface area (Å²) in [6.45, 7) is 0. The van der Waals surface area contributed by atoms with Gasteiger partial charge in [0.25, 0.3) is 0 Å². The molecule has 0 radical (unpaired) electrons. The molecule has 4 nitrogen and oxygen atoms in total. The minimum Gasteiger partial charge on any atom is -0.309 e. The van der Waals surface area contributed by atoms with Crippen LogP contribution < -0.4 is 0 Å². The summed E-state index contributed by atoms with van der Waals surface area (Å²) in [5.74, 6) is 1.53. The van der Waals surface area contributed by atoms with Crippen LogP contribution in [0.2, 0.25) is 0 Å². The lowest BCUT2D eigenvalue weighted by Gasteiger charge is -2.11. The molecule has 2 heterocycles. The minimum atomic E-state index is -0.682. The Labute approximate surface area is 336 Å². The second kappa shape index (κ2) is 13.8. The second-order valence-electron chi connectivity index (χ2n) is 12.8. The maximum absolute atomic E-state index is 9.41. The van der Waals surface area contributed by atoms with Gasteiger partial charge in [-0.1, -0.05) is 176 Å². The molecule has 0 aliphatic carbocycles. The van der Waals surface area contributed by atoms with Gasteiger partial charge in [0.05, 0.1) is 27.5 Å². The van der Waals surface area contributed by atoms with Gasteiger partial charge in [0.15, 0.2) is 17.5 Å². The van der Waals surface area contributed by atoms with Gasteiger partial charge in [0.2, 0.25) is 0 Å². The smallest absolute Gasteiger partial charge is 0.164 e. The van der Waals surface area contributed by atoms with Gasteiger partial charge in [0.1, 0.15) is 0 Å². The summed E-state index contributed by atoms with van der Waals surface area (Å²) in [4.78, 5) is 14.7. The lowest BCUT2D eigenvalue weighted by molar-refractivity contribution is 1.07. The number of aromatic nitrogens is 4. The highest BCUT2D eigenvalue weighted by molar-refractivity contribution is 6.10. The monoisotopic (exact) mass is 714 g/mol. The normalized spacial score (nSPS) is 14.3. The molecular formula is C51H34N4. The first-order chi connectivity index (χ1) is 32.2. The molecule has 55 heavy (non-hydrogen) atoms. The second-order valence-corrected chi connectivity index (χ2v) is 12.8. The number of rotatable bonds is 7. The third kappa shape index (κ3) is 6.16. The summed E-state index contributed by atoms with van der Waals surface area (Å²) in [5.41, 5.74) is 5.62. The first-order valence-corrected chi connectivity index (χ1v) is 17.5. The van der Waals surface area contributed by atoms with Crippen LogP contribution in [0.4, 0.5) is 0 Å². The molecule has 0 fully saturated rings. The van der Waals surface area contributed by atoms with Crippen molar-refractivity contribution in [2.24, 2.45) is 0 Å². The van der Waals surface area contributed by atoms with E-state index < -0.39 is 83.6 Å². The van der Waals surface area contributed by atoms with Gasteiger partial charge in [0, 0.05) is 33.2 Å². The largest absolute Gasteiger partial charge is 0.309 e. The summed E-state index contributed by atoms with van der Waals surface area (Å²) in [7, 11) is 0. The highest BCUT2D eigenvalue weighted by atomic mass is 15.0. The van der Waals surface area contributed by atoms with E-state index in [4.69, 9.17) is 28.7 Å². The summed E-state index contributed by atoms with van der Waals surface area (Å²) in [6, 6.07) is 35.7. The van der Waals surface area contributed by atoms with E-state index in [2.05, 4.69) is 12.1 Å². The Morgan fingerprint density at radius 1 is 0.327 bits per heavy atom. The molecule has 0 aliphatic rings. The van der Waals surface area contributed by atoms with Crippen molar-refractivity contribution in [3.63, 3.8) is 0 Å². The molecule has 0 atom stereocenters. The molecule has 258 valence electrons. The molecule has 0 amide bonds. The van der Waals surface area contributed by atoms with E-state index in [0.29, 0.717) is 23.2 Å². The number of fused-ring (bicyclic) bond motifs is 3. The lowest BCUT2D eigenvalue weighted by atomic mass is 10.0. The average Bonchev–Trinajstić information content (AvgIpc) is 3.74. The van der Waals surface area contributed by atoms with Gasteiger partial charge in [-0.3, -0.25) is 0 Å². The predicted octanol–water partition coefficient (Wildman–Crippen LogP) is 13.0. The maximum Gasteiger partial charge on any atom is 0.164 e. The number of hydrogen-bond acceptors (Lipinski definition) is 3. The number of para-hydroxylation sites is 1. The van der Waals surface area contributed by atoms with Gasteiger partial charge in [-0.2, -0.15) is 0 Å². The summed E-state index contributed by atoms with van der Waals surface area (Å²) in [6.07, 6.45) is 0. The molecule has 0 N–H and O–H groups in total. The summed E-state index contributed by atoms with van der Waals surface area (Å²) >= 11 is 0. The van der Waals surface area contributed by atoms with Gasteiger partial charge in [-0.25, -0.2) is 15.0 Å². The molecule has 10 rings (SSSR count). The summed E-state index contributed by atoms with van der Waals surface area (Å²) < 4.78 is 106. The zero-order chi connectivity index (χ0) is 47.0. The van der Waals surface area contributed by atoms with E-state index in [1.807, 2.05) is 109 Å². The fourth-order valence-electron chi connectivity index (χ4n) is 6.68. The third-order valence-electron chi connectivity index (χ3n) is 9.43. The topological polar surface area (TPSA) is 43.6 Å². The van der Waals surface area contributed by atoms with Crippen LogP contribution >= 0.6 is 0 Å². The Kier molecular flexibility index (Phi) is 5.52. The molecule has 8 aromatic carbocycles. The van der Waals surface area contributed by atoms with Crippen LogP contribution in [0.25, 0.3) is 95.0 Å². The van der Waals surface area contributed by atoms with Crippen molar-refractivity contribution in [1.29, 1.82) is 0 Å². The number of nitrogens with zero attached hydrogens (tertiary/aromatic N) is 4. The van der Waals surface area contributed by atoms with Crippen LogP contribution in [0.5, 0.6) is 0 Å². The molecule has 4 heteroatoms. The van der Waals surface area contributed by atoms with Crippen LogP contribution in [0.1, 0.15) is 16.4 Å². The first kappa shape index (κ1) is 21.9. The van der Waals surface area contributed by atoms with Crippen LogP contribution in [-0.4, -0.2) is 19.5 Å². The Bertz CT molecular complexity index is 3590. The van der Waals surface area contributed by atoms with E-state index in [9.17, 15) is 2.74 Å². The van der Waals surface area contributed by atoms with Crippen LogP contribution in [0.15, 0.2) is 206 Å². The molecule has 0 aliphatic heterocycles. The van der Waals surface area contributed by atoms with Crippen molar-refractivity contribution in [3.8, 4) is 73.2 Å². The molecule has 0 spiro atoms. The predicted molar refractivity (Wildman–Crippen MR) is 227 cm³/mol. The van der Waals surface area contributed by atoms with Crippen LogP contribution in [0, 0.1) is 0 Å². The molecule has 10 aromatic rings. The third-order valence-corrected chi connectivity index (χ3v) is 9.43. The van der Waals surface area contributed by atoms with Gasteiger partial charge in [-0.05, 0) is 63.6 Å². The van der Waals surface area contributed by atoms with Gasteiger partial charge in [-0.15, -0.1) is 0 Å². The number of hydrogen-bond donors (Lipinski definition) is 0. The average molecular weight is 715 g/mol. The Balaban J connectivity index is 1.06. The molecular weight excluding hydrogens is 669 g/mol. The van der Waals surface area contributed by atoms with Crippen molar-refractivity contribution in [2.45, 2.75) is 0 Å². The SMILES string of the molecule is [2H]c1c([2H])c([2H])c(-c2c([2H])c([2H])c3c(c2[2H])c2c([2H])c([2H])c([2H])c([2H])c2n3-c2ccc(-c3ccc(-c4nc(-c5ccccc5)nc(-c5ccc(-c6ccccc6)cc5)n4)cc3)cc2)c([2H])c1[2H]. The Morgan fingerprint density at radius 3 is 1.35 bits per heavy atom. The standard InChI is InChI=1S/C51H34N4/c1-4-12-35(13-5-1)37-20-24-41(25-21-37)50-52-49(40-16-8-3-9-17-40)53-51(54-50)42-26-22-38(23-27-42)39-28-31-44(32-29-39)55-47-19-11-10-18-45(47)46-34-43(30-33-48(46)55)36-14-6-2-7-15-36/h1-34H/i2D,6D,7D,10D,11D,14D,15D,18D,19D,30D,33D,34D. The molecule has 2 aromatic heterocycles. The molecule has 0 saturated heterocycles. The minimum absolute atomic E-state index is 0.0450. The van der Waals surface area contributed by atoms with E-state index in [-0.39, 0.29) is 21.8 Å². The van der Waals surface area contributed by atoms with E-state index in [1.54, 1.807) is 12.1 Å². The molecule has 0 saturated carbocycles. The van der Waals surface area contributed by atoms with Crippen molar-refractivity contribution in [3.05, 3.63) is 206 Å². The van der Waals surface area contributed by atoms with Crippen molar-refractivity contribution >= 4 is 21.8 Å². The fraction of sp³-hybridized carbons (Fsp3) is 0. The fourth-order valence-corrected chi connectivity index (χ4v) is 6.68. The Hall–Kier alpha value is -7.43. The van der Waals surface area contributed by atoms with Crippen LogP contribution in [0.3, 0.4) is 0 Å². The van der Waals surface area contributed by atoms with Crippen molar-refractivity contribution in [2.75, 3.05) is 0 Å². The quantitative estimate of drug-likeness (QED) is 0.165. The van der Waals surface area contributed by atoms with E-state index in [0.717, 1.165) is 38.9 Å². The molecule has 0 unspecified atom stereocenters. The van der Waals surface area contributed by atoms with Gasteiger partial charge >= 0.3 is 0 Å². The first-order valence-electron chi connectivity index (χ1n) is 23.5.